The molecule has 0 aliphatic rings. The van der Waals surface area contributed by atoms with Gasteiger partial charge in [0.2, 0.25) is 0 Å². The molecule has 1 heterocycles. The predicted octanol–water partition coefficient (Wildman–Crippen LogP) is 3.54. The first kappa shape index (κ1) is 14.0. The maximum Gasteiger partial charge on any atom is 0.416 e. The summed E-state index contributed by atoms with van der Waals surface area (Å²) in [5.41, 5.74) is 5.21. The second-order valence-corrected chi connectivity index (χ2v) is 4.54. The SMILES string of the molecule is CC(C)CCC(N)c1cnccc1C(F)(F)F. The van der Waals surface area contributed by atoms with E-state index in [1.54, 1.807) is 0 Å². The Bertz CT molecular complexity index is 361. The Kier molecular flexibility index (Phi) is 4.51. The Morgan fingerprint density at radius 2 is 1.94 bits per heavy atom. The molecule has 0 amide bonds. The Labute approximate surface area is 99.0 Å². The topological polar surface area (TPSA) is 38.9 Å². The zero-order valence-corrected chi connectivity index (χ0v) is 9.96. The van der Waals surface area contributed by atoms with E-state index in [9.17, 15) is 13.2 Å². The summed E-state index contributed by atoms with van der Waals surface area (Å²) in [6, 6.07) is 0.368. The zero-order chi connectivity index (χ0) is 13.1. The highest BCUT2D eigenvalue weighted by Crippen LogP contribution is 2.34. The molecule has 96 valence electrons. The molecule has 0 bridgehead atoms. The van der Waals surface area contributed by atoms with E-state index in [1.807, 2.05) is 13.8 Å². The molecule has 1 aromatic heterocycles. The molecule has 0 fully saturated rings. The number of rotatable bonds is 4. The molecule has 0 aliphatic heterocycles. The third-order valence-electron chi connectivity index (χ3n) is 2.61. The van der Waals surface area contributed by atoms with Crippen LogP contribution >= 0.6 is 0 Å². The van der Waals surface area contributed by atoms with Crippen LogP contribution in [0.1, 0.15) is 43.9 Å². The van der Waals surface area contributed by atoms with E-state index in [4.69, 9.17) is 5.73 Å². The van der Waals surface area contributed by atoms with Crippen LogP contribution in [0.15, 0.2) is 18.5 Å². The van der Waals surface area contributed by atoms with Crippen molar-refractivity contribution >= 4 is 0 Å². The van der Waals surface area contributed by atoms with Gasteiger partial charge in [-0.05, 0) is 30.4 Å². The van der Waals surface area contributed by atoms with Gasteiger partial charge >= 0.3 is 6.18 Å². The second-order valence-electron chi connectivity index (χ2n) is 4.54. The van der Waals surface area contributed by atoms with Crippen molar-refractivity contribution in [2.24, 2.45) is 11.7 Å². The first-order chi connectivity index (χ1) is 7.82. The molecule has 1 aromatic rings. The maximum absolute atomic E-state index is 12.7. The first-order valence-electron chi connectivity index (χ1n) is 5.59. The molecule has 0 saturated carbocycles. The Morgan fingerprint density at radius 3 is 2.47 bits per heavy atom. The summed E-state index contributed by atoms with van der Waals surface area (Å²) in [5, 5.41) is 0. The van der Waals surface area contributed by atoms with Gasteiger partial charge in [-0.25, -0.2) is 0 Å². The molecular formula is C12H17F3N2. The molecular weight excluding hydrogens is 229 g/mol. The minimum Gasteiger partial charge on any atom is -0.324 e. The fraction of sp³-hybridized carbons (Fsp3) is 0.583. The monoisotopic (exact) mass is 246 g/mol. The standard InChI is InChI=1S/C12H17F3N2/c1-8(2)3-4-11(16)9-7-17-6-5-10(9)12(13,14)15/h5-8,11H,3-4,16H2,1-2H3. The lowest BCUT2D eigenvalue weighted by atomic mass is 9.96. The van der Waals surface area contributed by atoms with E-state index < -0.39 is 17.8 Å². The molecule has 1 atom stereocenters. The molecule has 1 unspecified atom stereocenters. The highest BCUT2D eigenvalue weighted by Gasteiger charge is 2.34. The summed E-state index contributed by atoms with van der Waals surface area (Å²) in [4.78, 5) is 3.73. The van der Waals surface area contributed by atoms with Gasteiger partial charge in [-0.1, -0.05) is 13.8 Å². The van der Waals surface area contributed by atoms with E-state index in [0.29, 0.717) is 12.3 Å². The van der Waals surface area contributed by atoms with E-state index in [-0.39, 0.29) is 5.56 Å². The number of hydrogen-bond acceptors (Lipinski definition) is 2. The van der Waals surface area contributed by atoms with Crippen molar-refractivity contribution < 1.29 is 13.2 Å². The fourth-order valence-corrected chi connectivity index (χ4v) is 1.63. The molecule has 1 rings (SSSR count). The fourth-order valence-electron chi connectivity index (χ4n) is 1.63. The van der Waals surface area contributed by atoms with Gasteiger partial charge < -0.3 is 5.73 Å². The van der Waals surface area contributed by atoms with Crippen molar-refractivity contribution in [1.29, 1.82) is 0 Å². The minimum absolute atomic E-state index is 0.0839. The summed E-state index contributed by atoms with van der Waals surface area (Å²) in [6.07, 6.45) is -0.678. The van der Waals surface area contributed by atoms with Crippen LogP contribution in [0.4, 0.5) is 13.2 Å². The molecule has 0 radical (unpaired) electrons. The molecule has 2 nitrogen and oxygen atoms in total. The van der Waals surface area contributed by atoms with E-state index >= 15 is 0 Å². The van der Waals surface area contributed by atoms with Crippen LogP contribution in [0.25, 0.3) is 0 Å². The zero-order valence-electron chi connectivity index (χ0n) is 9.96. The van der Waals surface area contributed by atoms with Crippen LogP contribution in [0.3, 0.4) is 0 Å². The van der Waals surface area contributed by atoms with E-state index in [1.165, 1.54) is 6.20 Å². The van der Waals surface area contributed by atoms with Gasteiger partial charge in [0.25, 0.3) is 0 Å². The van der Waals surface area contributed by atoms with Crippen LogP contribution in [-0.4, -0.2) is 4.98 Å². The average molecular weight is 246 g/mol. The molecule has 0 spiro atoms. The lowest BCUT2D eigenvalue weighted by Crippen LogP contribution is -2.18. The third-order valence-corrected chi connectivity index (χ3v) is 2.61. The summed E-state index contributed by atoms with van der Waals surface area (Å²) < 4.78 is 38.2. The van der Waals surface area contributed by atoms with Crippen molar-refractivity contribution in [3.63, 3.8) is 0 Å². The Hall–Kier alpha value is -1.10. The van der Waals surface area contributed by atoms with E-state index in [0.717, 1.165) is 18.7 Å². The van der Waals surface area contributed by atoms with Gasteiger partial charge in [-0.2, -0.15) is 13.2 Å². The average Bonchev–Trinajstić information content (AvgIpc) is 2.24. The molecule has 17 heavy (non-hydrogen) atoms. The summed E-state index contributed by atoms with van der Waals surface area (Å²) in [5.74, 6) is 0.423. The normalized spacial score (nSPS) is 14.1. The van der Waals surface area contributed by atoms with Crippen LogP contribution in [0, 0.1) is 5.92 Å². The molecule has 0 aliphatic carbocycles. The summed E-state index contributed by atoms with van der Waals surface area (Å²) >= 11 is 0. The van der Waals surface area contributed by atoms with Crippen molar-refractivity contribution in [2.75, 3.05) is 0 Å². The number of alkyl halides is 3. The van der Waals surface area contributed by atoms with Gasteiger partial charge in [0.15, 0.2) is 0 Å². The molecule has 5 heteroatoms. The Balaban J connectivity index is 2.89. The van der Waals surface area contributed by atoms with Crippen molar-refractivity contribution in [3.05, 3.63) is 29.6 Å². The first-order valence-corrected chi connectivity index (χ1v) is 5.59. The summed E-state index contributed by atoms with van der Waals surface area (Å²) in [7, 11) is 0. The highest BCUT2D eigenvalue weighted by molar-refractivity contribution is 5.28. The van der Waals surface area contributed by atoms with Gasteiger partial charge in [0.05, 0.1) is 5.56 Å². The van der Waals surface area contributed by atoms with Gasteiger partial charge in [-0.15, -0.1) is 0 Å². The summed E-state index contributed by atoms with van der Waals surface area (Å²) in [6.45, 7) is 4.03. The number of nitrogens with zero attached hydrogens (tertiary/aromatic N) is 1. The molecule has 0 aromatic carbocycles. The predicted molar refractivity (Wildman–Crippen MR) is 60.2 cm³/mol. The number of aromatic nitrogens is 1. The van der Waals surface area contributed by atoms with Crippen LogP contribution < -0.4 is 5.73 Å². The number of halogens is 3. The smallest absolute Gasteiger partial charge is 0.324 e. The number of hydrogen-bond donors (Lipinski definition) is 1. The van der Waals surface area contributed by atoms with Crippen LogP contribution in [0.2, 0.25) is 0 Å². The number of nitrogens with two attached hydrogens (primary N) is 1. The van der Waals surface area contributed by atoms with Crippen LogP contribution in [0.5, 0.6) is 0 Å². The van der Waals surface area contributed by atoms with Crippen LogP contribution in [-0.2, 0) is 6.18 Å². The lowest BCUT2D eigenvalue weighted by Gasteiger charge is -2.18. The minimum atomic E-state index is -4.37. The van der Waals surface area contributed by atoms with Crippen molar-refractivity contribution in [1.82, 2.24) is 4.98 Å². The highest BCUT2D eigenvalue weighted by atomic mass is 19.4. The van der Waals surface area contributed by atoms with Gasteiger partial charge in [0, 0.05) is 18.4 Å². The number of pyridine rings is 1. The third kappa shape index (κ3) is 4.00. The maximum atomic E-state index is 12.7. The van der Waals surface area contributed by atoms with Gasteiger partial charge in [0.1, 0.15) is 0 Å². The largest absolute Gasteiger partial charge is 0.416 e. The lowest BCUT2D eigenvalue weighted by molar-refractivity contribution is -0.138. The molecule has 2 N–H and O–H groups in total. The van der Waals surface area contributed by atoms with E-state index in [2.05, 4.69) is 4.98 Å². The van der Waals surface area contributed by atoms with Crippen molar-refractivity contribution in [3.8, 4) is 0 Å². The van der Waals surface area contributed by atoms with Crippen molar-refractivity contribution in [2.45, 2.75) is 38.9 Å². The Morgan fingerprint density at radius 1 is 1.29 bits per heavy atom. The van der Waals surface area contributed by atoms with Gasteiger partial charge in [-0.3, -0.25) is 4.98 Å². The second kappa shape index (κ2) is 5.49. The quantitative estimate of drug-likeness (QED) is 0.882. The molecule has 0 saturated heterocycles.